The highest BCUT2D eigenvalue weighted by atomic mass is 79.9. The maximum absolute atomic E-state index is 11.6. The average Bonchev–Trinajstić information content (AvgIpc) is 2.61. The quantitative estimate of drug-likeness (QED) is 0.302. The summed E-state index contributed by atoms with van der Waals surface area (Å²) in [7, 11) is 3.06. The second kappa shape index (κ2) is 9.67. The minimum absolute atomic E-state index is 0.331. The standard InChI is InChI=1S/C20H25BrO5/c1-5-6-7-8-11-25-17-16-12-14(21)9-10-15(16)18(26-13(2)22)20(24-4)19(17)23-3/h9-10,12H,5-8,11H2,1-4H3. The van der Waals surface area contributed by atoms with Crippen molar-refractivity contribution in [2.75, 3.05) is 20.8 Å². The molecular formula is C20H25BrO5. The summed E-state index contributed by atoms with van der Waals surface area (Å²) < 4.78 is 23.5. The SMILES string of the molecule is CCCCCCOc1c(OC)c(OC)c(OC(C)=O)c2ccc(Br)cc12. The maximum Gasteiger partial charge on any atom is 0.308 e. The topological polar surface area (TPSA) is 54.0 Å². The molecule has 26 heavy (non-hydrogen) atoms. The van der Waals surface area contributed by atoms with E-state index in [9.17, 15) is 4.79 Å². The monoisotopic (exact) mass is 424 g/mol. The van der Waals surface area contributed by atoms with E-state index in [0.717, 1.165) is 28.1 Å². The summed E-state index contributed by atoms with van der Waals surface area (Å²) >= 11 is 3.49. The second-order valence-electron chi connectivity index (χ2n) is 5.92. The molecule has 2 rings (SSSR count). The molecule has 2 aromatic carbocycles. The van der Waals surface area contributed by atoms with Crippen molar-refractivity contribution in [3.8, 4) is 23.0 Å². The van der Waals surface area contributed by atoms with E-state index in [-0.39, 0.29) is 0 Å². The van der Waals surface area contributed by atoms with E-state index in [1.54, 1.807) is 7.11 Å². The molecule has 0 atom stereocenters. The smallest absolute Gasteiger partial charge is 0.308 e. The molecule has 0 saturated heterocycles. The Balaban J connectivity index is 2.57. The van der Waals surface area contributed by atoms with Crippen LogP contribution in [0.5, 0.6) is 23.0 Å². The molecule has 5 nitrogen and oxygen atoms in total. The zero-order valence-electron chi connectivity index (χ0n) is 15.7. The Morgan fingerprint density at radius 2 is 1.65 bits per heavy atom. The highest BCUT2D eigenvalue weighted by molar-refractivity contribution is 9.10. The van der Waals surface area contributed by atoms with Gasteiger partial charge in [0.1, 0.15) is 0 Å². The number of unbranched alkanes of at least 4 members (excludes halogenated alkanes) is 3. The molecule has 0 bridgehead atoms. The molecule has 0 aliphatic rings. The Morgan fingerprint density at radius 1 is 0.962 bits per heavy atom. The largest absolute Gasteiger partial charge is 0.490 e. The van der Waals surface area contributed by atoms with Crippen LogP contribution in [-0.2, 0) is 4.79 Å². The summed E-state index contributed by atoms with van der Waals surface area (Å²) in [5.41, 5.74) is 0. The first kappa shape index (κ1) is 20.4. The lowest BCUT2D eigenvalue weighted by Gasteiger charge is -2.20. The van der Waals surface area contributed by atoms with E-state index in [2.05, 4.69) is 22.9 Å². The zero-order valence-corrected chi connectivity index (χ0v) is 17.3. The third-order valence-electron chi connectivity index (χ3n) is 3.99. The van der Waals surface area contributed by atoms with Gasteiger partial charge >= 0.3 is 5.97 Å². The molecule has 0 radical (unpaired) electrons. The number of carbonyl (C=O) groups is 1. The van der Waals surface area contributed by atoms with Crippen LogP contribution in [0.3, 0.4) is 0 Å². The Kier molecular flexibility index (Phi) is 7.57. The van der Waals surface area contributed by atoms with E-state index in [4.69, 9.17) is 18.9 Å². The normalized spacial score (nSPS) is 10.7. The molecule has 2 aromatic rings. The molecule has 0 fully saturated rings. The predicted octanol–water partition coefficient (Wildman–Crippen LogP) is 5.50. The van der Waals surface area contributed by atoms with Gasteiger partial charge in [-0.1, -0.05) is 42.1 Å². The molecule has 0 amide bonds. The van der Waals surface area contributed by atoms with Gasteiger partial charge in [-0.05, 0) is 24.6 Å². The number of benzene rings is 2. The van der Waals surface area contributed by atoms with Crippen LogP contribution in [0.25, 0.3) is 10.8 Å². The number of halogens is 1. The summed E-state index contributed by atoms with van der Waals surface area (Å²) in [6, 6.07) is 5.67. The van der Waals surface area contributed by atoms with Crippen molar-refractivity contribution in [1.82, 2.24) is 0 Å². The molecule has 0 aromatic heterocycles. The Morgan fingerprint density at radius 3 is 2.27 bits per heavy atom. The minimum atomic E-state index is -0.428. The van der Waals surface area contributed by atoms with Crippen LogP contribution in [0.1, 0.15) is 39.5 Å². The maximum atomic E-state index is 11.6. The van der Waals surface area contributed by atoms with Gasteiger partial charge in [0.2, 0.25) is 11.5 Å². The lowest BCUT2D eigenvalue weighted by atomic mass is 10.1. The van der Waals surface area contributed by atoms with Gasteiger partial charge in [0.25, 0.3) is 0 Å². The number of methoxy groups -OCH3 is 2. The van der Waals surface area contributed by atoms with Crippen molar-refractivity contribution in [2.24, 2.45) is 0 Å². The Hall–Kier alpha value is -1.95. The van der Waals surface area contributed by atoms with Crippen LogP contribution < -0.4 is 18.9 Å². The lowest BCUT2D eigenvalue weighted by molar-refractivity contribution is -0.131. The van der Waals surface area contributed by atoms with Gasteiger partial charge in [-0.15, -0.1) is 0 Å². The van der Waals surface area contributed by atoms with Crippen molar-refractivity contribution in [1.29, 1.82) is 0 Å². The van der Waals surface area contributed by atoms with Crippen LogP contribution >= 0.6 is 15.9 Å². The average molecular weight is 425 g/mol. The number of hydrogen-bond donors (Lipinski definition) is 0. The first-order valence-electron chi connectivity index (χ1n) is 8.71. The lowest BCUT2D eigenvalue weighted by Crippen LogP contribution is -2.07. The van der Waals surface area contributed by atoms with Crippen LogP contribution in [0.15, 0.2) is 22.7 Å². The van der Waals surface area contributed by atoms with Gasteiger partial charge in [0.15, 0.2) is 11.5 Å². The van der Waals surface area contributed by atoms with Crippen molar-refractivity contribution in [3.63, 3.8) is 0 Å². The fourth-order valence-corrected chi connectivity index (χ4v) is 3.18. The predicted molar refractivity (Wildman–Crippen MR) is 106 cm³/mol. The van der Waals surface area contributed by atoms with E-state index >= 15 is 0 Å². The summed E-state index contributed by atoms with van der Waals surface area (Å²) in [5.74, 6) is 1.26. The zero-order chi connectivity index (χ0) is 19.1. The number of esters is 1. The summed E-state index contributed by atoms with van der Waals surface area (Å²) in [6.07, 6.45) is 4.43. The van der Waals surface area contributed by atoms with Crippen molar-refractivity contribution < 1.29 is 23.7 Å². The Labute approximate surface area is 162 Å². The van der Waals surface area contributed by atoms with Crippen LogP contribution in [0.2, 0.25) is 0 Å². The van der Waals surface area contributed by atoms with Crippen molar-refractivity contribution in [3.05, 3.63) is 22.7 Å². The molecule has 6 heteroatoms. The summed E-state index contributed by atoms with van der Waals surface area (Å²) in [5, 5.41) is 1.52. The second-order valence-corrected chi connectivity index (χ2v) is 6.83. The van der Waals surface area contributed by atoms with Gasteiger partial charge in [0, 0.05) is 22.2 Å². The minimum Gasteiger partial charge on any atom is -0.490 e. The first-order valence-corrected chi connectivity index (χ1v) is 9.51. The molecule has 142 valence electrons. The Bertz CT molecular complexity index is 773. The number of rotatable bonds is 9. The third-order valence-corrected chi connectivity index (χ3v) is 4.48. The molecule has 0 saturated carbocycles. The van der Waals surface area contributed by atoms with E-state index in [0.29, 0.717) is 29.6 Å². The van der Waals surface area contributed by atoms with Gasteiger partial charge in [-0.3, -0.25) is 4.79 Å². The molecule has 0 aliphatic heterocycles. The van der Waals surface area contributed by atoms with E-state index in [1.807, 2.05) is 18.2 Å². The number of hydrogen-bond acceptors (Lipinski definition) is 5. The van der Waals surface area contributed by atoms with Crippen LogP contribution in [0, 0.1) is 0 Å². The van der Waals surface area contributed by atoms with E-state index < -0.39 is 5.97 Å². The summed E-state index contributed by atoms with van der Waals surface area (Å²) in [4.78, 5) is 11.6. The van der Waals surface area contributed by atoms with Crippen LogP contribution in [-0.4, -0.2) is 26.8 Å². The van der Waals surface area contributed by atoms with Crippen molar-refractivity contribution >= 4 is 32.7 Å². The summed E-state index contributed by atoms with van der Waals surface area (Å²) in [6.45, 7) is 4.11. The van der Waals surface area contributed by atoms with Crippen molar-refractivity contribution in [2.45, 2.75) is 39.5 Å². The van der Waals surface area contributed by atoms with Crippen LogP contribution in [0.4, 0.5) is 0 Å². The van der Waals surface area contributed by atoms with Gasteiger partial charge in [0.05, 0.1) is 20.8 Å². The van der Waals surface area contributed by atoms with Gasteiger partial charge < -0.3 is 18.9 Å². The van der Waals surface area contributed by atoms with Gasteiger partial charge in [-0.2, -0.15) is 0 Å². The fourth-order valence-electron chi connectivity index (χ4n) is 2.82. The molecule has 0 N–H and O–H groups in total. The number of ether oxygens (including phenoxy) is 4. The molecule has 0 heterocycles. The van der Waals surface area contributed by atoms with E-state index in [1.165, 1.54) is 26.9 Å². The molecule has 0 spiro atoms. The highest BCUT2D eigenvalue weighted by Gasteiger charge is 2.24. The fraction of sp³-hybridized carbons (Fsp3) is 0.450. The third kappa shape index (κ3) is 4.61. The number of fused-ring (bicyclic) bond motifs is 1. The number of carbonyl (C=O) groups excluding carboxylic acids is 1. The molecule has 0 aliphatic carbocycles. The van der Waals surface area contributed by atoms with Gasteiger partial charge in [-0.25, -0.2) is 0 Å². The molecular weight excluding hydrogens is 400 g/mol. The molecule has 0 unspecified atom stereocenters. The first-order chi connectivity index (χ1) is 12.5. The highest BCUT2D eigenvalue weighted by Crippen LogP contribution is 2.51.